The monoisotopic (exact) mass is 359 g/mol. The quantitative estimate of drug-likeness (QED) is 0.263. The Labute approximate surface area is 155 Å². The van der Waals surface area contributed by atoms with Crippen LogP contribution in [-0.4, -0.2) is 64.1 Å². The largest absolute Gasteiger partial charge is 0.544 e. The first-order valence-corrected chi connectivity index (χ1v) is 10.2. The van der Waals surface area contributed by atoms with E-state index in [1.807, 2.05) is 14.1 Å². The average molecular weight is 360 g/mol. The summed E-state index contributed by atoms with van der Waals surface area (Å²) in [6.45, 7) is 5.47. The number of carbonyl (C=O) groups is 1. The molecule has 0 aromatic rings. The predicted molar refractivity (Wildman–Crippen MR) is 100 cm³/mol. The van der Waals surface area contributed by atoms with Crippen LogP contribution in [0.15, 0.2) is 0 Å². The van der Waals surface area contributed by atoms with E-state index in [0.29, 0.717) is 30.8 Å². The Balaban J connectivity index is 3.18. The lowest BCUT2D eigenvalue weighted by Gasteiger charge is -2.29. The molecular weight excluding hydrogens is 318 g/mol. The van der Waals surface area contributed by atoms with Crippen LogP contribution in [0.1, 0.15) is 71.1 Å². The van der Waals surface area contributed by atoms with E-state index < -0.39 is 5.97 Å². The normalized spacial score (nSPS) is 11.8. The molecule has 0 aliphatic carbocycles. The van der Waals surface area contributed by atoms with Gasteiger partial charge < -0.3 is 23.9 Å². The topological polar surface area (TPSA) is 58.6 Å². The van der Waals surface area contributed by atoms with Crippen LogP contribution in [0.5, 0.6) is 0 Å². The van der Waals surface area contributed by atoms with Crippen molar-refractivity contribution in [2.75, 3.05) is 53.6 Å². The summed E-state index contributed by atoms with van der Waals surface area (Å²) in [4.78, 5) is 10.6. The van der Waals surface area contributed by atoms with Crippen molar-refractivity contribution >= 4 is 5.97 Å². The maximum atomic E-state index is 10.6. The Morgan fingerprint density at radius 2 is 1.24 bits per heavy atom. The fraction of sp³-hybridized carbons (Fsp3) is 0.950. The van der Waals surface area contributed by atoms with Gasteiger partial charge in [-0.1, -0.05) is 64.7 Å². The van der Waals surface area contributed by atoms with Crippen LogP contribution in [0.4, 0.5) is 0 Å². The number of nitrogens with zero attached hydrogens (tertiary/aromatic N) is 1. The number of likely N-dealkylation sites (N-methyl/N-ethyl adjacent to an activating group) is 1. The standard InChI is InChI=1S/C20H41NO4/c1-4-5-6-7-8-9-10-11-12-13-15-24-17-18-25-16-14-21(2,3)19-20(22)23/h4-19H2,1-3H3. The lowest BCUT2D eigenvalue weighted by atomic mass is 10.1. The third-order valence-electron chi connectivity index (χ3n) is 4.41. The van der Waals surface area contributed by atoms with Gasteiger partial charge in [0.1, 0.15) is 13.1 Å². The van der Waals surface area contributed by atoms with Crippen LogP contribution in [0.3, 0.4) is 0 Å². The van der Waals surface area contributed by atoms with Gasteiger partial charge in [0.05, 0.1) is 39.9 Å². The van der Waals surface area contributed by atoms with Gasteiger partial charge in [-0.05, 0) is 6.42 Å². The van der Waals surface area contributed by atoms with E-state index in [2.05, 4.69) is 6.92 Å². The zero-order valence-electron chi connectivity index (χ0n) is 16.9. The molecule has 0 aliphatic heterocycles. The van der Waals surface area contributed by atoms with Crippen molar-refractivity contribution in [2.24, 2.45) is 0 Å². The smallest absolute Gasteiger partial charge is 0.119 e. The second-order valence-corrected chi connectivity index (χ2v) is 7.60. The van der Waals surface area contributed by atoms with Gasteiger partial charge in [0.25, 0.3) is 0 Å². The number of hydrogen-bond donors (Lipinski definition) is 0. The first kappa shape index (κ1) is 24.4. The second-order valence-electron chi connectivity index (χ2n) is 7.60. The number of carboxylic acids is 1. The summed E-state index contributed by atoms with van der Waals surface area (Å²) in [5.41, 5.74) is 0. The molecule has 0 unspecified atom stereocenters. The molecule has 0 rings (SSSR count). The van der Waals surface area contributed by atoms with Crippen LogP contribution in [0.2, 0.25) is 0 Å². The van der Waals surface area contributed by atoms with Crippen molar-refractivity contribution in [2.45, 2.75) is 71.1 Å². The number of carboxylic acid groups (broad SMARTS) is 1. The summed E-state index contributed by atoms with van der Waals surface area (Å²) >= 11 is 0. The number of quaternary nitrogens is 1. The molecule has 0 radical (unpaired) electrons. The molecule has 25 heavy (non-hydrogen) atoms. The number of aliphatic carboxylic acids is 1. The Kier molecular flexibility index (Phi) is 16.4. The third kappa shape index (κ3) is 19.5. The lowest BCUT2D eigenvalue weighted by Crippen LogP contribution is -2.49. The number of rotatable bonds is 19. The highest BCUT2D eigenvalue weighted by atomic mass is 16.5. The van der Waals surface area contributed by atoms with Gasteiger partial charge in [-0.25, -0.2) is 0 Å². The SMILES string of the molecule is CCCCCCCCCCCCOCCOCC[N+](C)(C)CC(=O)[O-]. The fourth-order valence-electron chi connectivity index (χ4n) is 2.75. The number of unbranched alkanes of at least 4 members (excludes halogenated alkanes) is 9. The Morgan fingerprint density at radius 1 is 0.760 bits per heavy atom. The van der Waals surface area contributed by atoms with Crippen molar-refractivity contribution in [3.63, 3.8) is 0 Å². The zero-order valence-corrected chi connectivity index (χ0v) is 16.9. The molecule has 0 amide bonds. The van der Waals surface area contributed by atoms with Crippen molar-refractivity contribution in [1.29, 1.82) is 0 Å². The minimum Gasteiger partial charge on any atom is -0.544 e. The molecule has 0 fully saturated rings. The molecule has 0 saturated carbocycles. The molecule has 0 bridgehead atoms. The third-order valence-corrected chi connectivity index (χ3v) is 4.41. The van der Waals surface area contributed by atoms with Gasteiger partial charge in [0, 0.05) is 6.61 Å². The molecule has 0 atom stereocenters. The number of ether oxygens (including phenoxy) is 2. The van der Waals surface area contributed by atoms with E-state index in [0.717, 1.165) is 13.0 Å². The molecule has 5 heteroatoms. The predicted octanol–water partition coefficient (Wildman–Crippen LogP) is 2.77. The first-order valence-electron chi connectivity index (χ1n) is 10.2. The van der Waals surface area contributed by atoms with E-state index >= 15 is 0 Å². The Hall–Kier alpha value is -0.650. The zero-order chi connectivity index (χ0) is 18.8. The number of hydrogen-bond acceptors (Lipinski definition) is 4. The Bertz CT molecular complexity index is 308. The van der Waals surface area contributed by atoms with Crippen LogP contribution >= 0.6 is 0 Å². The number of carbonyl (C=O) groups excluding carboxylic acids is 1. The highest BCUT2D eigenvalue weighted by Crippen LogP contribution is 2.10. The van der Waals surface area contributed by atoms with Gasteiger partial charge in [-0.2, -0.15) is 0 Å². The molecular formula is C20H41NO4. The van der Waals surface area contributed by atoms with E-state index in [1.165, 1.54) is 57.8 Å². The van der Waals surface area contributed by atoms with Gasteiger partial charge >= 0.3 is 0 Å². The maximum Gasteiger partial charge on any atom is 0.119 e. The van der Waals surface area contributed by atoms with Crippen LogP contribution in [-0.2, 0) is 14.3 Å². The first-order chi connectivity index (χ1) is 12.0. The van der Waals surface area contributed by atoms with E-state index in [9.17, 15) is 9.90 Å². The van der Waals surface area contributed by atoms with E-state index in [1.54, 1.807) is 0 Å². The molecule has 0 N–H and O–H groups in total. The molecule has 0 aromatic heterocycles. The van der Waals surface area contributed by atoms with Crippen molar-refractivity contribution in [1.82, 2.24) is 0 Å². The minimum atomic E-state index is -1.02. The van der Waals surface area contributed by atoms with Gasteiger partial charge in [0.2, 0.25) is 0 Å². The Morgan fingerprint density at radius 3 is 1.76 bits per heavy atom. The molecule has 0 aromatic carbocycles. The maximum absolute atomic E-state index is 10.6. The fourth-order valence-corrected chi connectivity index (χ4v) is 2.75. The second kappa shape index (κ2) is 16.8. The molecule has 5 nitrogen and oxygen atoms in total. The average Bonchev–Trinajstić information content (AvgIpc) is 2.53. The lowest BCUT2D eigenvalue weighted by molar-refractivity contribution is -0.885. The highest BCUT2D eigenvalue weighted by molar-refractivity contribution is 5.65. The summed E-state index contributed by atoms with van der Waals surface area (Å²) in [7, 11) is 3.72. The van der Waals surface area contributed by atoms with Crippen LogP contribution < -0.4 is 5.11 Å². The van der Waals surface area contributed by atoms with E-state index in [4.69, 9.17) is 9.47 Å². The summed E-state index contributed by atoms with van der Waals surface area (Å²) in [5, 5.41) is 10.6. The summed E-state index contributed by atoms with van der Waals surface area (Å²) in [5.74, 6) is -1.02. The van der Waals surface area contributed by atoms with Crippen molar-refractivity contribution < 1.29 is 23.9 Å². The molecule has 0 spiro atoms. The van der Waals surface area contributed by atoms with Crippen LogP contribution in [0.25, 0.3) is 0 Å². The summed E-state index contributed by atoms with van der Waals surface area (Å²) in [6.07, 6.45) is 13.4. The van der Waals surface area contributed by atoms with Crippen molar-refractivity contribution in [3.8, 4) is 0 Å². The summed E-state index contributed by atoms with van der Waals surface area (Å²) in [6, 6.07) is 0. The molecule has 150 valence electrons. The van der Waals surface area contributed by atoms with Crippen LogP contribution in [0, 0.1) is 0 Å². The van der Waals surface area contributed by atoms with Gasteiger partial charge in [-0.3, -0.25) is 0 Å². The molecule has 0 aliphatic rings. The minimum absolute atomic E-state index is 0.0125. The molecule has 0 heterocycles. The van der Waals surface area contributed by atoms with Gasteiger partial charge in [0.15, 0.2) is 0 Å². The van der Waals surface area contributed by atoms with Crippen molar-refractivity contribution in [3.05, 3.63) is 0 Å². The highest BCUT2D eigenvalue weighted by Gasteiger charge is 2.14. The van der Waals surface area contributed by atoms with E-state index in [-0.39, 0.29) is 6.54 Å². The summed E-state index contributed by atoms with van der Waals surface area (Å²) < 4.78 is 11.4. The van der Waals surface area contributed by atoms with Gasteiger partial charge in [-0.15, -0.1) is 0 Å². The molecule has 0 saturated heterocycles.